The van der Waals surface area contributed by atoms with E-state index in [2.05, 4.69) is 10.4 Å². The minimum absolute atomic E-state index is 0.233. The number of sulfone groups is 1. The normalized spacial score (nSPS) is 19.1. The highest BCUT2D eigenvalue weighted by Gasteiger charge is 2.56. The van der Waals surface area contributed by atoms with Crippen LogP contribution in [0.4, 0.5) is 4.79 Å². The Morgan fingerprint density at radius 3 is 2.54 bits per heavy atom. The number of aromatic nitrogens is 2. The van der Waals surface area contributed by atoms with Crippen LogP contribution in [0.25, 0.3) is 5.69 Å². The number of hydrogen-bond donors (Lipinski definition) is 1. The molecule has 4 rings (SSSR count). The van der Waals surface area contributed by atoms with Crippen molar-refractivity contribution in [3.05, 3.63) is 47.8 Å². The van der Waals surface area contributed by atoms with Crippen molar-refractivity contribution in [2.45, 2.75) is 43.6 Å². The van der Waals surface area contributed by atoms with Crippen LogP contribution in [0.5, 0.6) is 0 Å². The molecule has 1 aromatic carbocycles. The van der Waals surface area contributed by atoms with Gasteiger partial charge in [0, 0.05) is 17.9 Å². The fourth-order valence-electron chi connectivity index (χ4n) is 3.74. The molecule has 1 aliphatic heterocycles. The number of para-hydroxylation sites is 1. The van der Waals surface area contributed by atoms with Crippen LogP contribution in [0.2, 0.25) is 0 Å². The molecule has 2 aromatic rings. The van der Waals surface area contributed by atoms with Crippen LogP contribution in [0.1, 0.15) is 31.0 Å². The first-order valence-corrected chi connectivity index (χ1v) is 10.6. The minimum Gasteiger partial charge on any atom is -0.334 e. The molecule has 2 heterocycles. The zero-order valence-corrected chi connectivity index (χ0v) is 15.7. The van der Waals surface area contributed by atoms with E-state index >= 15 is 0 Å². The van der Waals surface area contributed by atoms with Gasteiger partial charge < -0.3 is 10.2 Å². The van der Waals surface area contributed by atoms with Crippen LogP contribution in [-0.2, 0) is 22.9 Å². The second-order valence-electron chi connectivity index (χ2n) is 7.23. The summed E-state index contributed by atoms with van der Waals surface area (Å²) in [6.45, 7) is 2.71. The van der Waals surface area contributed by atoms with Crippen molar-refractivity contribution in [2.24, 2.45) is 0 Å². The van der Waals surface area contributed by atoms with Gasteiger partial charge in [0.2, 0.25) is 0 Å². The van der Waals surface area contributed by atoms with Crippen LogP contribution in [0, 0.1) is 0 Å². The molecule has 26 heavy (non-hydrogen) atoms. The first-order chi connectivity index (χ1) is 12.3. The van der Waals surface area contributed by atoms with Gasteiger partial charge in [-0.2, -0.15) is 5.10 Å². The average molecular weight is 374 g/mol. The summed E-state index contributed by atoms with van der Waals surface area (Å²) in [7, 11) is -3.19. The third kappa shape index (κ3) is 2.68. The quantitative estimate of drug-likeness (QED) is 0.885. The molecule has 138 valence electrons. The summed E-state index contributed by atoms with van der Waals surface area (Å²) in [5, 5.41) is 7.32. The van der Waals surface area contributed by atoms with Crippen molar-refractivity contribution >= 4 is 15.9 Å². The maximum Gasteiger partial charge on any atom is 0.318 e. The van der Waals surface area contributed by atoms with Crippen molar-refractivity contribution in [1.82, 2.24) is 20.0 Å². The van der Waals surface area contributed by atoms with Gasteiger partial charge in [-0.05, 0) is 31.9 Å². The number of rotatable bonds is 4. The van der Waals surface area contributed by atoms with Gasteiger partial charge in [-0.25, -0.2) is 17.9 Å². The van der Waals surface area contributed by atoms with E-state index in [1.807, 2.05) is 35.0 Å². The van der Waals surface area contributed by atoms with E-state index in [0.717, 1.165) is 16.9 Å². The fourth-order valence-corrected chi connectivity index (χ4v) is 5.29. The Kier molecular flexibility index (Phi) is 3.83. The topological polar surface area (TPSA) is 84.3 Å². The zero-order chi connectivity index (χ0) is 18.5. The van der Waals surface area contributed by atoms with Crippen molar-refractivity contribution in [3.8, 4) is 5.69 Å². The number of nitrogens with one attached hydrogen (secondary N) is 1. The van der Waals surface area contributed by atoms with Crippen molar-refractivity contribution in [2.75, 3.05) is 6.26 Å². The van der Waals surface area contributed by atoms with Crippen LogP contribution in [0.3, 0.4) is 0 Å². The van der Waals surface area contributed by atoms with E-state index in [1.54, 1.807) is 18.0 Å². The van der Waals surface area contributed by atoms with Gasteiger partial charge in [0.1, 0.15) is 0 Å². The van der Waals surface area contributed by atoms with E-state index in [4.69, 9.17) is 0 Å². The Balaban J connectivity index is 1.47. The summed E-state index contributed by atoms with van der Waals surface area (Å²) in [6.07, 6.45) is 4.26. The highest BCUT2D eigenvalue weighted by molar-refractivity contribution is 7.92. The molecule has 1 atom stereocenters. The van der Waals surface area contributed by atoms with Crippen molar-refractivity contribution in [1.29, 1.82) is 0 Å². The Hall–Kier alpha value is -2.35. The Morgan fingerprint density at radius 1 is 1.23 bits per heavy atom. The lowest BCUT2D eigenvalue weighted by Gasteiger charge is -2.26. The SMILES string of the molecule is CC(NC(=O)N1Cc2cnn(-c3ccccc3)c2C1)C1(S(C)(=O)=O)CC1. The van der Waals surface area contributed by atoms with Crippen molar-refractivity contribution in [3.63, 3.8) is 0 Å². The van der Waals surface area contributed by atoms with Crippen LogP contribution in [-0.4, -0.2) is 46.2 Å². The number of nitrogens with zero attached hydrogens (tertiary/aromatic N) is 3. The molecule has 1 aromatic heterocycles. The smallest absolute Gasteiger partial charge is 0.318 e. The second kappa shape index (κ2) is 5.84. The zero-order valence-electron chi connectivity index (χ0n) is 14.8. The Labute approximate surface area is 152 Å². The average Bonchev–Trinajstić information content (AvgIpc) is 3.18. The third-order valence-electron chi connectivity index (χ3n) is 5.56. The molecule has 0 saturated heterocycles. The molecule has 2 amide bonds. The highest BCUT2D eigenvalue weighted by Crippen LogP contribution is 2.46. The third-order valence-corrected chi connectivity index (χ3v) is 7.79. The van der Waals surface area contributed by atoms with Gasteiger partial charge in [-0.15, -0.1) is 0 Å². The maximum absolute atomic E-state index is 12.7. The maximum atomic E-state index is 12.7. The highest BCUT2D eigenvalue weighted by atomic mass is 32.2. The van der Waals surface area contributed by atoms with Gasteiger partial charge in [0.25, 0.3) is 0 Å². The first-order valence-electron chi connectivity index (χ1n) is 8.68. The van der Waals surface area contributed by atoms with Crippen LogP contribution < -0.4 is 5.32 Å². The van der Waals surface area contributed by atoms with Gasteiger partial charge in [0.15, 0.2) is 9.84 Å². The van der Waals surface area contributed by atoms with Crippen LogP contribution >= 0.6 is 0 Å². The summed E-state index contributed by atoms with van der Waals surface area (Å²) < 4.78 is 25.1. The van der Waals surface area contributed by atoms with E-state index in [1.165, 1.54) is 6.26 Å². The summed E-state index contributed by atoms with van der Waals surface area (Å²) in [4.78, 5) is 14.4. The summed E-state index contributed by atoms with van der Waals surface area (Å²) in [5.74, 6) is 0. The summed E-state index contributed by atoms with van der Waals surface area (Å²) in [6, 6.07) is 9.16. The molecular weight excluding hydrogens is 352 g/mol. The summed E-state index contributed by atoms with van der Waals surface area (Å²) >= 11 is 0. The van der Waals surface area contributed by atoms with Gasteiger partial charge >= 0.3 is 6.03 Å². The Bertz CT molecular complexity index is 948. The predicted molar refractivity (Wildman–Crippen MR) is 97.6 cm³/mol. The molecule has 1 aliphatic carbocycles. The van der Waals surface area contributed by atoms with E-state index in [0.29, 0.717) is 25.9 Å². The first kappa shape index (κ1) is 17.1. The van der Waals surface area contributed by atoms with Crippen molar-refractivity contribution < 1.29 is 13.2 Å². The van der Waals surface area contributed by atoms with E-state index in [-0.39, 0.29) is 6.03 Å². The number of fused-ring (bicyclic) bond motifs is 1. The molecule has 1 N–H and O–H groups in total. The lowest BCUT2D eigenvalue weighted by molar-refractivity contribution is 0.193. The lowest BCUT2D eigenvalue weighted by atomic mass is 10.2. The number of urea groups is 1. The number of hydrogen-bond acceptors (Lipinski definition) is 4. The van der Waals surface area contributed by atoms with E-state index in [9.17, 15) is 13.2 Å². The van der Waals surface area contributed by atoms with Gasteiger partial charge in [0.05, 0.1) is 35.4 Å². The monoisotopic (exact) mass is 374 g/mol. The van der Waals surface area contributed by atoms with Crippen LogP contribution in [0.15, 0.2) is 36.5 Å². The molecule has 1 fully saturated rings. The molecule has 1 saturated carbocycles. The fraction of sp³-hybridized carbons (Fsp3) is 0.444. The lowest BCUT2D eigenvalue weighted by Crippen LogP contribution is -2.50. The minimum atomic E-state index is -3.19. The van der Waals surface area contributed by atoms with Gasteiger partial charge in [-0.1, -0.05) is 18.2 Å². The number of carbonyl (C=O) groups is 1. The number of carbonyl (C=O) groups excluding carboxylic acids is 1. The number of amides is 2. The number of benzene rings is 1. The Morgan fingerprint density at radius 2 is 1.92 bits per heavy atom. The molecular formula is C18H22N4O3S. The summed E-state index contributed by atoms with van der Waals surface area (Å²) in [5.41, 5.74) is 2.96. The standard InChI is InChI=1S/C18H22N4O3S/c1-13(18(8-9-18)26(2,24)25)20-17(23)21-11-14-10-19-22(16(14)12-21)15-6-4-3-5-7-15/h3-7,10,13H,8-9,11-12H2,1-2H3,(H,20,23). The molecule has 1 unspecified atom stereocenters. The molecule has 0 spiro atoms. The van der Waals surface area contributed by atoms with E-state index < -0.39 is 20.6 Å². The molecule has 0 radical (unpaired) electrons. The second-order valence-corrected chi connectivity index (χ2v) is 9.59. The molecule has 8 heteroatoms. The molecule has 2 aliphatic rings. The predicted octanol–water partition coefficient (Wildman–Crippen LogP) is 1.86. The molecule has 0 bridgehead atoms. The largest absolute Gasteiger partial charge is 0.334 e. The van der Waals surface area contributed by atoms with Gasteiger partial charge in [-0.3, -0.25) is 0 Å². The molecule has 7 nitrogen and oxygen atoms in total.